The van der Waals surface area contributed by atoms with Gasteiger partial charge in [-0.15, -0.1) is 0 Å². The van der Waals surface area contributed by atoms with Gasteiger partial charge < -0.3 is 19.5 Å². The third kappa shape index (κ3) is 3.33. The highest BCUT2D eigenvalue weighted by molar-refractivity contribution is 5.71. The number of aliphatic carboxylic acids is 1. The molecule has 6 nitrogen and oxygen atoms in total. The second-order valence-electron chi connectivity index (χ2n) is 4.47. The number of hydrogen-bond acceptors (Lipinski definition) is 4. The van der Waals surface area contributed by atoms with E-state index in [0.29, 0.717) is 19.5 Å². The number of rotatable bonds is 4. The molecule has 2 atom stereocenters. The van der Waals surface area contributed by atoms with Crippen LogP contribution in [0.2, 0.25) is 0 Å². The molecule has 2 heterocycles. The summed E-state index contributed by atoms with van der Waals surface area (Å²) in [6, 6.07) is 0. The molecular formula is C11H17NO5. The first-order chi connectivity index (χ1) is 8.15. The van der Waals surface area contributed by atoms with Crippen LogP contribution in [0.3, 0.4) is 0 Å². The van der Waals surface area contributed by atoms with Gasteiger partial charge in [0.25, 0.3) is 0 Å². The Hall–Kier alpha value is -1.30. The van der Waals surface area contributed by atoms with Gasteiger partial charge in [-0.2, -0.15) is 0 Å². The topological polar surface area (TPSA) is 76.1 Å². The lowest BCUT2D eigenvalue weighted by atomic mass is 10.1. The van der Waals surface area contributed by atoms with E-state index in [-0.39, 0.29) is 12.5 Å². The quantitative estimate of drug-likeness (QED) is 0.792. The van der Waals surface area contributed by atoms with Gasteiger partial charge in [-0.25, -0.2) is 4.79 Å². The Labute approximate surface area is 99.5 Å². The Morgan fingerprint density at radius 2 is 2.24 bits per heavy atom. The van der Waals surface area contributed by atoms with Crippen molar-refractivity contribution < 1.29 is 24.2 Å². The van der Waals surface area contributed by atoms with E-state index in [4.69, 9.17) is 14.6 Å². The van der Waals surface area contributed by atoms with Crippen molar-refractivity contribution in [3.8, 4) is 0 Å². The molecular weight excluding hydrogens is 226 g/mol. The lowest BCUT2D eigenvalue weighted by Gasteiger charge is -2.32. The third-order valence-corrected chi connectivity index (χ3v) is 3.10. The molecule has 2 fully saturated rings. The van der Waals surface area contributed by atoms with Crippen LogP contribution in [0.4, 0.5) is 4.79 Å². The first kappa shape index (κ1) is 12.2. The zero-order valence-corrected chi connectivity index (χ0v) is 9.63. The van der Waals surface area contributed by atoms with Crippen molar-refractivity contribution in [2.75, 3.05) is 19.7 Å². The van der Waals surface area contributed by atoms with E-state index in [2.05, 4.69) is 0 Å². The van der Waals surface area contributed by atoms with Crippen LogP contribution in [0.1, 0.15) is 25.7 Å². The predicted octanol–water partition coefficient (Wildman–Crippen LogP) is 0.851. The molecule has 0 saturated carbocycles. The molecule has 0 aliphatic carbocycles. The highest BCUT2D eigenvalue weighted by Gasteiger charge is 2.30. The standard InChI is InChI=1S/C11H17NO5/c13-10(14)6-8-3-4-12(11(15)17-8)7-9-2-1-5-16-9/h8-9H,1-7H2,(H,13,14). The first-order valence-electron chi connectivity index (χ1n) is 5.94. The predicted molar refractivity (Wildman–Crippen MR) is 57.7 cm³/mol. The molecule has 2 aliphatic heterocycles. The fourth-order valence-electron chi connectivity index (χ4n) is 2.21. The number of carbonyl (C=O) groups excluding carboxylic acids is 1. The maximum Gasteiger partial charge on any atom is 0.410 e. The Bertz CT molecular complexity index is 300. The number of ether oxygens (including phenoxy) is 2. The smallest absolute Gasteiger partial charge is 0.410 e. The Morgan fingerprint density at radius 1 is 1.41 bits per heavy atom. The minimum absolute atomic E-state index is 0.110. The summed E-state index contributed by atoms with van der Waals surface area (Å²) in [5.74, 6) is -0.935. The van der Waals surface area contributed by atoms with Crippen molar-refractivity contribution >= 4 is 12.1 Å². The van der Waals surface area contributed by atoms with Gasteiger partial charge in [0.15, 0.2) is 0 Å². The van der Waals surface area contributed by atoms with Crippen LogP contribution in [0.25, 0.3) is 0 Å². The summed E-state index contributed by atoms with van der Waals surface area (Å²) < 4.78 is 10.5. The number of carboxylic acids is 1. The monoisotopic (exact) mass is 243 g/mol. The summed E-state index contributed by atoms with van der Waals surface area (Å²) >= 11 is 0. The highest BCUT2D eigenvalue weighted by atomic mass is 16.6. The van der Waals surface area contributed by atoms with Gasteiger partial charge in [0.1, 0.15) is 6.10 Å². The molecule has 1 N–H and O–H groups in total. The van der Waals surface area contributed by atoms with Crippen LogP contribution >= 0.6 is 0 Å². The molecule has 0 spiro atoms. The van der Waals surface area contributed by atoms with Gasteiger partial charge in [0.2, 0.25) is 0 Å². The maximum absolute atomic E-state index is 11.6. The average molecular weight is 243 g/mol. The minimum atomic E-state index is -0.935. The Morgan fingerprint density at radius 3 is 2.82 bits per heavy atom. The normalized spacial score (nSPS) is 29.2. The van der Waals surface area contributed by atoms with Crippen molar-refractivity contribution in [3.63, 3.8) is 0 Å². The van der Waals surface area contributed by atoms with Crippen molar-refractivity contribution in [2.24, 2.45) is 0 Å². The number of nitrogens with zero attached hydrogens (tertiary/aromatic N) is 1. The summed E-state index contributed by atoms with van der Waals surface area (Å²) in [6.45, 7) is 1.87. The molecule has 0 bridgehead atoms. The highest BCUT2D eigenvalue weighted by Crippen LogP contribution is 2.19. The van der Waals surface area contributed by atoms with Gasteiger partial charge in [0.05, 0.1) is 19.1 Å². The van der Waals surface area contributed by atoms with Crippen LogP contribution in [-0.2, 0) is 14.3 Å². The zero-order valence-electron chi connectivity index (χ0n) is 9.63. The average Bonchev–Trinajstić information content (AvgIpc) is 2.74. The number of carboxylic acid groups (broad SMARTS) is 1. The molecule has 0 aromatic carbocycles. The number of hydrogen-bond donors (Lipinski definition) is 1. The lowest BCUT2D eigenvalue weighted by molar-refractivity contribution is -0.140. The van der Waals surface area contributed by atoms with Crippen LogP contribution in [0, 0.1) is 0 Å². The molecule has 2 saturated heterocycles. The molecule has 0 radical (unpaired) electrons. The van der Waals surface area contributed by atoms with E-state index in [1.807, 2.05) is 0 Å². The second-order valence-corrected chi connectivity index (χ2v) is 4.47. The summed E-state index contributed by atoms with van der Waals surface area (Å²) in [5.41, 5.74) is 0. The molecule has 17 heavy (non-hydrogen) atoms. The van der Waals surface area contributed by atoms with E-state index < -0.39 is 18.2 Å². The van der Waals surface area contributed by atoms with Crippen molar-refractivity contribution in [1.82, 2.24) is 4.90 Å². The Kier molecular flexibility index (Phi) is 3.83. The van der Waals surface area contributed by atoms with Gasteiger partial charge in [-0.3, -0.25) is 4.79 Å². The zero-order chi connectivity index (χ0) is 12.3. The summed E-state index contributed by atoms with van der Waals surface area (Å²) in [7, 11) is 0. The van der Waals surface area contributed by atoms with E-state index in [9.17, 15) is 9.59 Å². The molecule has 0 aromatic rings. The van der Waals surface area contributed by atoms with Crippen LogP contribution in [-0.4, -0.2) is 54.0 Å². The van der Waals surface area contributed by atoms with Crippen molar-refractivity contribution in [2.45, 2.75) is 37.9 Å². The minimum Gasteiger partial charge on any atom is -0.481 e. The molecule has 2 rings (SSSR count). The van der Waals surface area contributed by atoms with Gasteiger partial charge in [-0.1, -0.05) is 0 Å². The van der Waals surface area contributed by atoms with Gasteiger partial charge in [-0.05, 0) is 12.8 Å². The summed E-state index contributed by atoms with van der Waals surface area (Å²) in [4.78, 5) is 23.7. The van der Waals surface area contributed by atoms with E-state index in [0.717, 1.165) is 19.4 Å². The number of amides is 1. The Balaban J connectivity index is 1.79. The van der Waals surface area contributed by atoms with Gasteiger partial charge in [0, 0.05) is 19.6 Å². The fraction of sp³-hybridized carbons (Fsp3) is 0.818. The van der Waals surface area contributed by atoms with E-state index >= 15 is 0 Å². The van der Waals surface area contributed by atoms with Crippen LogP contribution in [0.15, 0.2) is 0 Å². The largest absolute Gasteiger partial charge is 0.481 e. The SMILES string of the molecule is O=C(O)CC1CCN(CC2CCCO2)C(=O)O1. The summed E-state index contributed by atoms with van der Waals surface area (Å²) in [5, 5.41) is 8.62. The fourth-order valence-corrected chi connectivity index (χ4v) is 2.21. The van der Waals surface area contributed by atoms with Crippen molar-refractivity contribution in [1.29, 1.82) is 0 Å². The van der Waals surface area contributed by atoms with Crippen LogP contribution in [0.5, 0.6) is 0 Å². The first-order valence-corrected chi connectivity index (χ1v) is 5.94. The van der Waals surface area contributed by atoms with Crippen LogP contribution < -0.4 is 0 Å². The summed E-state index contributed by atoms with van der Waals surface area (Å²) in [6.07, 6.45) is 1.68. The number of carbonyl (C=O) groups is 2. The third-order valence-electron chi connectivity index (χ3n) is 3.10. The maximum atomic E-state index is 11.6. The molecule has 96 valence electrons. The van der Waals surface area contributed by atoms with Gasteiger partial charge >= 0.3 is 12.1 Å². The van der Waals surface area contributed by atoms with Crippen molar-refractivity contribution in [3.05, 3.63) is 0 Å². The lowest BCUT2D eigenvalue weighted by Crippen LogP contribution is -2.45. The van der Waals surface area contributed by atoms with E-state index in [1.54, 1.807) is 4.90 Å². The molecule has 2 aliphatic rings. The molecule has 1 amide bonds. The van der Waals surface area contributed by atoms with E-state index in [1.165, 1.54) is 0 Å². The number of cyclic esters (lactones) is 1. The molecule has 0 aromatic heterocycles. The second kappa shape index (κ2) is 5.35. The molecule has 6 heteroatoms. The molecule has 2 unspecified atom stereocenters.